The van der Waals surface area contributed by atoms with E-state index in [1.807, 2.05) is 48.4 Å². The maximum absolute atomic E-state index is 13.5. The zero-order valence-electron chi connectivity index (χ0n) is 31.4. The Morgan fingerprint density at radius 3 is 1.88 bits per heavy atom. The number of nitrogens with zero attached hydrogens (tertiary/aromatic N) is 5. The molecule has 2 aliphatic rings. The molecule has 2 fully saturated rings. The lowest BCUT2D eigenvalue weighted by atomic mass is 10.0. The predicted molar refractivity (Wildman–Crippen MR) is 209 cm³/mol. The number of benzene rings is 2. The molecule has 0 aliphatic carbocycles. The van der Waals surface area contributed by atoms with Crippen LogP contribution in [-0.4, -0.2) is 85.0 Å². The molecule has 5 aromatic rings. The highest BCUT2D eigenvalue weighted by molar-refractivity contribution is 7.07. The second-order valence-corrected chi connectivity index (χ2v) is 15.1. The van der Waals surface area contributed by atoms with Gasteiger partial charge in [0.05, 0.1) is 66.6 Å². The number of rotatable bonds is 12. The van der Waals surface area contributed by atoms with Crippen LogP contribution in [0, 0.1) is 5.92 Å². The van der Waals surface area contributed by atoms with E-state index in [0.29, 0.717) is 24.6 Å². The molecule has 5 N–H and O–H groups in total. The van der Waals surface area contributed by atoms with Crippen LogP contribution in [0.3, 0.4) is 0 Å². The molecule has 2 aromatic carbocycles. The number of methoxy groups -OCH3 is 1. The molecular weight excluding hydrogens is 735 g/mol. The lowest BCUT2D eigenvalue weighted by Crippen LogP contribution is -2.44. The molecule has 0 bridgehead atoms. The molecule has 2 aliphatic heterocycles. The van der Waals surface area contributed by atoms with Crippen molar-refractivity contribution in [1.82, 2.24) is 40.0 Å². The van der Waals surface area contributed by atoms with Crippen LogP contribution >= 0.6 is 11.3 Å². The SMILES string of the molecule is COC(=O)NC(CC(=O)N1CCCC1c1ncc(-c2ccc(-c3ccc(-c4cnc([C@@H]5CCCN5C(=O)[C@@H](OC(N)=O)C(C)C)[nH]4)cc3)cc2)[nH]1)c1cscn1. The minimum atomic E-state index is -0.964. The van der Waals surface area contributed by atoms with Gasteiger partial charge in [0.25, 0.3) is 5.91 Å². The van der Waals surface area contributed by atoms with Gasteiger partial charge in [-0.3, -0.25) is 9.59 Å². The number of nitrogens with one attached hydrogen (secondary N) is 3. The smallest absolute Gasteiger partial charge is 0.407 e. The monoisotopic (exact) mass is 779 g/mol. The second-order valence-electron chi connectivity index (χ2n) is 14.4. The van der Waals surface area contributed by atoms with Crippen molar-refractivity contribution in [2.75, 3.05) is 20.2 Å². The number of imidazole rings is 2. The molecule has 2 unspecified atom stereocenters. The van der Waals surface area contributed by atoms with E-state index in [1.165, 1.54) is 18.4 Å². The van der Waals surface area contributed by atoms with E-state index >= 15 is 0 Å². The summed E-state index contributed by atoms with van der Waals surface area (Å²) in [5.41, 5.74) is 13.2. The first kappa shape index (κ1) is 38.3. The minimum Gasteiger partial charge on any atom is -0.453 e. The number of ether oxygens (including phenoxy) is 2. The van der Waals surface area contributed by atoms with E-state index in [1.54, 1.807) is 22.8 Å². The summed E-state index contributed by atoms with van der Waals surface area (Å²) in [7, 11) is 1.29. The van der Waals surface area contributed by atoms with E-state index in [-0.39, 0.29) is 36.2 Å². The maximum Gasteiger partial charge on any atom is 0.407 e. The molecule has 16 heteroatoms. The first-order valence-electron chi connectivity index (χ1n) is 18.7. The van der Waals surface area contributed by atoms with Crippen molar-refractivity contribution in [2.24, 2.45) is 11.7 Å². The first-order valence-corrected chi connectivity index (χ1v) is 19.6. The Morgan fingerprint density at radius 1 is 0.839 bits per heavy atom. The Balaban J connectivity index is 0.989. The third-order valence-corrected chi connectivity index (χ3v) is 11.0. The minimum absolute atomic E-state index is 0.0611. The van der Waals surface area contributed by atoms with Crippen LogP contribution in [0.5, 0.6) is 0 Å². The van der Waals surface area contributed by atoms with Gasteiger partial charge in [-0.15, -0.1) is 11.3 Å². The Hall–Kier alpha value is -6.03. The number of aromatic nitrogens is 5. The molecular formula is C40H45N9O6S. The number of hydrogen-bond donors (Lipinski definition) is 4. The van der Waals surface area contributed by atoms with Crippen molar-refractivity contribution in [2.45, 2.75) is 70.2 Å². The van der Waals surface area contributed by atoms with Gasteiger partial charge in [0.2, 0.25) is 5.91 Å². The lowest BCUT2D eigenvalue weighted by molar-refractivity contribution is -0.143. The number of amides is 4. The van der Waals surface area contributed by atoms with Crippen molar-refractivity contribution >= 4 is 35.3 Å². The third kappa shape index (κ3) is 8.29. The first-order chi connectivity index (χ1) is 27.1. The highest BCUT2D eigenvalue weighted by Crippen LogP contribution is 2.35. The number of likely N-dealkylation sites (tertiary alicyclic amines) is 2. The number of carbonyl (C=O) groups excluding carboxylic acids is 4. The second kappa shape index (κ2) is 16.8. The fraction of sp³-hybridized carbons (Fsp3) is 0.375. The summed E-state index contributed by atoms with van der Waals surface area (Å²) in [6, 6.07) is 15.4. The predicted octanol–water partition coefficient (Wildman–Crippen LogP) is 6.52. The van der Waals surface area contributed by atoms with Gasteiger partial charge in [0.1, 0.15) is 11.6 Å². The summed E-state index contributed by atoms with van der Waals surface area (Å²) in [5.74, 6) is 0.837. The molecule has 5 heterocycles. The zero-order valence-corrected chi connectivity index (χ0v) is 32.3. The van der Waals surface area contributed by atoms with Crippen LogP contribution in [0.25, 0.3) is 33.6 Å². The fourth-order valence-electron chi connectivity index (χ4n) is 7.53. The summed E-state index contributed by atoms with van der Waals surface area (Å²) in [5, 5.41) is 4.56. The maximum atomic E-state index is 13.5. The van der Waals surface area contributed by atoms with E-state index < -0.39 is 24.3 Å². The number of nitrogens with two attached hydrogens (primary N) is 1. The molecule has 0 saturated carbocycles. The summed E-state index contributed by atoms with van der Waals surface area (Å²) in [6.45, 7) is 4.80. The van der Waals surface area contributed by atoms with Gasteiger partial charge >= 0.3 is 12.2 Å². The molecule has 2 saturated heterocycles. The number of aromatic amines is 2. The van der Waals surface area contributed by atoms with Crippen LogP contribution in [0.1, 0.15) is 81.4 Å². The Morgan fingerprint density at radius 2 is 1.38 bits per heavy atom. The van der Waals surface area contributed by atoms with Gasteiger partial charge in [-0.2, -0.15) is 0 Å². The largest absolute Gasteiger partial charge is 0.453 e. The molecule has 4 amide bonds. The Kier molecular flexibility index (Phi) is 11.5. The van der Waals surface area contributed by atoms with Crippen molar-refractivity contribution < 1.29 is 28.7 Å². The normalized spacial score (nSPS) is 17.9. The molecule has 292 valence electrons. The van der Waals surface area contributed by atoms with Crippen molar-refractivity contribution in [3.8, 4) is 33.6 Å². The molecule has 3 aromatic heterocycles. The number of thiazole rings is 1. The summed E-state index contributed by atoms with van der Waals surface area (Å²) in [6.07, 6.45) is 4.31. The highest BCUT2D eigenvalue weighted by Gasteiger charge is 2.38. The molecule has 56 heavy (non-hydrogen) atoms. The summed E-state index contributed by atoms with van der Waals surface area (Å²) >= 11 is 1.40. The van der Waals surface area contributed by atoms with Gasteiger partial charge < -0.3 is 40.3 Å². The van der Waals surface area contributed by atoms with E-state index in [9.17, 15) is 19.2 Å². The summed E-state index contributed by atoms with van der Waals surface area (Å²) in [4.78, 5) is 74.4. The average Bonchev–Trinajstić information content (AvgIpc) is 4.05. The van der Waals surface area contributed by atoms with Gasteiger partial charge in [-0.25, -0.2) is 24.5 Å². The topological polar surface area (TPSA) is 202 Å². The van der Waals surface area contributed by atoms with Crippen molar-refractivity contribution in [1.29, 1.82) is 0 Å². The standard InChI is InChI=1S/C40H45N9O6S/c1-23(2)35(55-39(41)52)38(51)49-17-5-7-33(49)37-43-20-30(46-37)27-14-10-25(11-15-27)24-8-12-26(13-9-24)29-19-42-36(45-29)32-6-4-16-48(32)34(50)18-28(47-40(53)54-3)31-21-56-22-44-31/h8-15,19-23,28,32-33,35H,4-7,16-18H2,1-3H3,(H2,41,52)(H,42,45)(H,43,46)(H,47,53)/t28?,32?,33-,35-/m0/s1. The number of alkyl carbamates (subject to hydrolysis) is 1. The molecule has 0 radical (unpaired) electrons. The Labute approximate surface area is 328 Å². The highest BCUT2D eigenvalue weighted by atomic mass is 32.1. The van der Waals surface area contributed by atoms with Crippen LogP contribution in [0.4, 0.5) is 9.59 Å². The third-order valence-electron chi connectivity index (χ3n) is 10.4. The number of hydrogen-bond acceptors (Lipinski definition) is 10. The van der Waals surface area contributed by atoms with Gasteiger partial charge in [0, 0.05) is 18.5 Å². The van der Waals surface area contributed by atoms with Gasteiger partial charge in [0.15, 0.2) is 6.10 Å². The lowest BCUT2D eigenvalue weighted by Gasteiger charge is -2.29. The molecule has 4 atom stereocenters. The van der Waals surface area contributed by atoms with Crippen LogP contribution < -0.4 is 11.1 Å². The molecule has 15 nitrogen and oxygen atoms in total. The molecule has 0 spiro atoms. The number of H-pyrrole nitrogens is 2. The van der Waals surface area contributed by atoms with Gasteiger partial charge in [-0.05, 0) is 53.9 Å². The van der Waals surface area contributed by atoms with E-state index in [4.69, 9.17) is 15.2 Å². The van der Waals surface area contributed by atoms with Gasteiger partial charge in [-0.1, -0.05) is 62.4 Å². The molecule has 7 rings (SSSR count). The van der Waals surface area contributed by atoms with Crippen molar-refractivity contribution in [3.05, 3.63) is 89.2 Å². The average molecular weight is 780 g/mol. The van der Waals surface area contributed by atoms with Crippen molar-refractivity contribution in [3.63, 3.8) is 0 Å². The quantitative estimate of drug-likeness (QED) is 0.109. The zero-order chi connectivity index (χ0) is 39.3. The van der Waals surface area contributed by atoms with Crippen LogP contribution in [0.15, 0.2) is 71.8 Å². The summed E-state index contributed by atoms with van der Waals surface area (Å²) < 4.78 is 9.95. The van der Waals surface area contributed by atoms with Crippen LogP contribution in [-0.2, 0) is 19.1 Å². The number of carbonyl (C=O) groups is 4. The van der Waals surface area contributed by atoms with Crippen LogP contribution in [0.2, 0.25) is 0 Å². The fourth-order valence-corrected chi connectivity index (χ4v) is 8.14. The Bertz CT molecular complexity index is 2150. The van der Waals surface area contributed by atoms with E-state index in [0.717, 1.165) is 65.1 Å². The van der Waals surface area contributed by atoms with E-state index in [2.05, 4.69) is 54.5 Å². The number of primary amides is 1.